The molecule has 0 spiro atoms. The molecule has 4 aromatic rings. The molecule has 0 aliphatic heterocycles. The van der Waals surface area contributed by atoms with E-state index in [-0.39, 0.29) is 5.56 Å². The highest BCUT2D eigenvalue weighted by Crippen LogP contribution is 2.24. The number of nitrogens with zero attached hydrogens (tertiary/aromatic N) is 5. The van der Waals surface area contributed by atoms with E-state index in [0.717, 1.165) is 5.69 Å². The Morgan fingerprint density at radius 1 is 1.17 bits per heavy atom. The van der Waals surface area contributed by atoms with E-state index in [1.54, 1.807) is 28.9 Å². The second-order valence-electron chi connectivity index (χ2n) is 6.43. The Morgan fingerprint density at radius 2 is 2.00 bits per heavy atom. The first-order chi connectivity index (χ1) is 14.0. The summed E-state index contributed by atoms with van der Waals surface area (Å²) in [6.07, 6.45) is 1.51. The number of anilines is 2. The number of rotatable bonds is 4. The molecule has 0 saturated heterocycles. The molecule has 4 rings (SSSR count). The molecule has 0 fully saturated rings. The summed E-state index contributed by atoms with van der Waals surface area (Å²) in [5, 5.41) is 15.6. The first-order valence-corrected chi connectivity index (χ1v) is 8.77. The van der Waals surface area contributed by atoms with Gasteiger partial charge in [0.1, 0.15) is 29.3 Å². The maximum absolute atomic E-state index is 12.4. The van der Waals surface area contributed by atoms with Crippen molar-refractivity contribution < 1.29 is 4.74 Å². The molecule has 0 aliphatic carbocycles. The Bertz CT molecular complexity index is 1310. The standard InChI is InChI=1S/C20H17N7O2/c1-11-6-19(24-12(2)23-11)25-18-8-16-15(10-22-18)20(28)26-27(16)14-5-4-13(9-21)17(7-14)29-3/h4-8,10H,1-3H3,(H,26,28)(H,22,23,24,25). The van der Waals surface area contributed by atoms with Crippen molar-refractivity contribution in [2.45, 2.75) is 13.8 Å². The van der Waals surface area contributed by atoms with Gasteiger partial charge in [-0.05, 0) is 26.0 Å². The Balaban J connectivity index is 1.81. The second kappa shape index (κ2) is 7.09. The summed E-state index contributed by atoms with van der Waals surface area (Å²) in [5.74, 6) is 2.22. The van der Waals surface area contributed by atoms with Crippen molar-refractivity contribution in [2.75, 3.05) is 12.4 Å². The van der Waals surface area contributed by atoms with E-state index >= 15 is 0 Å². The molecule has 0 unspecified atom stereocenters. The number of methoxy groups -OCH3 is 1. The third-order valence-electron chi connectivity index (χ3n) is 4.37. The van der Waals surface area contributed by atoms with Gasteiger partial charge in [-0.15, -0.1) is 0 Å². The number of aromatic nitrogens is 5. The summed E-state index contributed by atoms with van der Waals surface area (Å²) in [6.45, 7) is 3.70. The first-order valence-electron chi connectivity index (χ1n) is 8.77. The number of benzene rings is 1. The quantitative estimate of drug-likeness (QED) is 0.552. The highest BCUT2D eigenvalue weighted by molar-refractivity contribution is 5.82. The number of aromatic amines is 1. The summed E-state index contributed by atoms with van der Waals surface area (Å²) in [5.41, 5.74) is 2.26. The first kappa shape index (κ1) is 18.2. The minimum Gasteiger partial charge on any atom is -0.495 e. The third kappa shape index (κ3) is 3.39. The average molecular weight is 387 g/mol. The van der Waals surface area contributed by atoms with Crippen LogP contribution in [0.1, 0.15) is 17.1 Å². The van der Waals surface area contributed by atoms with E-state index in [1.165, 1.54) is 13.3 Å². The highest BCUT2D eigenvalue weighted by atomic mass is 16.5. The minimum atomic E-state index is -0.267. The van der Waals surface area contributed by atoms with Crippen LogP contribution in [0, 0.1) is 25.2 Å². The molecule has 0 saturated carbocycles. The second-order valence-corrected chi connectivity index (χ2v) is 6.43. The van der Waals surface area contributed by atoms with Crippen LogP contribution in [-0.2, 0) is 0 Å². The van der Waals surface area contributed by atoms with Crippen molar-refractivity contribution in [1.82, 2.24) is 24.7 Å². The lowest BCUT2D eigenvalue weighted by Crippen LogP contribution is -2.04. The molecule has 0 amide bonds. The monoisotopic (exact) mass is 387 g/mol. The maximum atomic E-state index is 12.4. The predicted molar refractivity (Wildman–Crippen MR) is 108 cm³/mol. The van der Waals surface area contributed by atoms with Crippen LogP contribution in [0.15, 0.2) is 41.3 Å². The molecule has 0 aliphatic rings. The smallest absolute Gasteiger partial charge is 0.273 e. The predicted octanol–water partition coefficient (Wildman–Crippen LogP) is 2.74. The Kier molecular flexibility index (Phi) is 4.44. The number of pyridine rings is 1. The van der Waals surface area contributed by atoms with E-state index in [9.17, 15) is 10.1 Å². The molecular weight excluding hydrogens is 370 g/mol. The maximum Gasteiger partial charge on any atom is 0.273 e. The lowest BCUT2D eigenvalue weighted by molar-refractivity contribution is 0.413. The van der Waals surface area contributed by atoms with Gasteiger partial charge < -0.3 is 10.1 Å². The van der Waals surface area contributed by atoms with Crippen molar-refractivity contribution in [3.8, 4) is 17.5 Å². The SMILES string of the molecule is COc1cc(-n2[nH]c(=O)c3cnc(Nc4cc(C)nc(C)n4)cc32)ccc1C#N. The van der Waals surface area contributed by atoms with Gasteiger partial charge in [0.15, 0.2) is 0 Å². The molecule has 0 bridgehead atoms. The van der Waals surface area contributed by atoms with Crippen LogP contribution in [0.4, 0.5) is 11.6 Å². The number of H-pyrrole nitrogens is 1. The van der Waals surface area contributed by atoms with Crippen molar-refractivity contribution in [2.24, 2.45) is 0 Å². The molecule has 0 atom stereocenters. The zero-order valence-corrected chi connectivity index (χ0v) is 16.0. The van der Waals surface area contributed by atoms with E-state index in [2.05, 4.69) is 31.4 Å². The number of ether oxygens (including phenoxy) is 1. The summed E-state index contributed by atoms with van der Waals surface area (Å²) in [7, 11) is 1.49. The largest absolute Gasteiger partial charge is 0.495 e. The van der Waals surface area contributed by atoms with Crippen LogP contribution in [0.3, 0.4) is 0 Å². The van der Waals surface area contributed by atoms with Crippen molar-refractivity contribution >= 4 is 22.5 Å². The van der Waals surface area contributed by atoms with Gasteiger partial charge in [0.25, 0.3) is 5.56 Å². The molecule has 1 aromatic carbocycles. The number of nitrogens with one attached hydrogen (secondary N) is 2. The molecular formula is C20H17N7O2. The number of hydrogen-bond acceptors (Lipinski definition) is 7. The fourth-order valence-electron chi connectivity index (χ4n) is 3.12. The molecule has 9 nitrogen and oxygen atoms in total. The Hall–Kier alpha value is -4.19. The normalized spacial score (nSPS) is 10.7. The molecule has 0 radical (unpaired) electrons. The van der Waals surface area contributed by atoms with E-state index in [0.29, 0.717) is 45.4 Å². The average Bonchev–Trinajstić information content (AvgIpc) is 3.02. The fraction of sp³-hybridized carbons (Fsp3) is 0.150. The summed E-state index contributed by atoms with van der Waals surface area (Å²) >= 11 is 0. The summed E-state index contributed by atoms with van der Waals surface area (Å²) in [4.78, 5) is 25.3. The summed E-state index contributed by atoms with van der Waals surface area (Å²) in [6, 6.07) is 10.7. The lowest BCUT2D eigenvalue weighted by Gasteiger charge is -2.10. The van der Waals surface area contributed by atoms with E-state index < -0.39 is 0 Å². The zero-order chi connectivity index (χ0) is 20.5. The summed E-state index contributed by atoms with van der Waals surface area (Å²) < 4.78 is 6.91. The van der Waals surface area contributed by atoms with Crippen LogP contribution in [0.5, 0.6) is 5.75 Å². The van der Waals surface area contributed by atoms with Crippen molar-refractivity contribution in [3.63, 3.8) is 0 Å². The molecule has 3 heterocycles. The molecule has 29 heavy (non-hydrogen) atoms. The number of fused-ring (bicyclic) bond motifs is 1. The van der Waals surface area contributed by atoms with Gasteiger partial charge in [-0.2, -0.15) is 5.26 Å². The van der Waals surface area contributed by atoms with Gasteiger partial charge in [-0.3, -0.25) is 14.6 Å². The Labute approximate surface area is 165 Å². The third-order valence-corrected chi connectivity index (χ3v) is 4.37. The van der Waals surface area contributed by atoms with E-state index in [1.807, 2.05) is 19.9 Å². The van der Waals surface area contributed by atoms with Gasteiger partial charge in [-0.1, -0.05) is 0 Å². The van der Waals surface area contributed by atoms with Gasteiger partial charge in [0.2, 0.25) is 0 Å². The Morgan fingerprint density at radius 3 is 2.72 bits per heavy atom. The molecule has 144 valence electrons. The number of nitriles is 1. The van der Waals surface area contributed by atoms with Crippen LogP contribution in [-0.4, -0.2) is 31.8 Å². The van der Waals surface area contributed by atoms with Gasteiger partial charge in [0.05, 0.1) is 29.3 Å². The number of aryl methyl sites for hydroxylation is 2. The molecule has 2 N–H and O–H groups in total. The molecule has 9 heteroatoms. The van der Waals surface area contributed by atoms with Crippen LogP contribution >= 0.6 is 0 Å². The highest BCUT2D eigenvalue weighted by Gasteiger charge is 2.13. The topological polar surface area (TPSA) is 122 Å². The minimum absolute atomic E-state index is 0.267. The van der Waals surface area contributed by atoms with E-state index in [4.69, 9.17) is 4.74 Å². The fourth-order valence-corrected chi connectivity index (χ4v) is 3.12. The van der Waals surface area contributed by atoms with Gasteiger partial charge in [-0.25, -0.2) is 15.0 Å². The van der Waals surface area contributed by atoms with Gasteiger partial charge in [0, 0.05) is 30.1 Å². The van der Waals surface area contributed by atoms with Crippen LogP contribution in [0.2, 0.25) is 0 Å². The van der Waals surface area contributed by atoms with Crippen molar-refractivity contribution in [3.05, 3.63) is 64.0 Å². The molecule has 3 aromatic heterocycles. The van der Waals surface area contributed by atoms with Crippen LogP contribution in [0.25, 0.3) is 16.6 Å². The number of hydrogen-bond donors (Lipinski definition) is 2. The van der Waals surface area contributed by atoms with Crippen LogP contribution < -0.4 is 15.6 Å². The zero-order valence-electron chi connectivity index (χ0n) is 16.0. The van der Waals surface area contributed by atoms with Crippen molar-refractivity contribution in [1.29, 1.82) is 5.26 Å². The van der Waals surface area contributed by atoms with Gasteiger partial charge >= 0.3 is 0 Å². The lowest BCUT2D eigenvalue weighted by atomic mass is 10.2.